The second-order valence-corrected chi connectivity index (χ2v) is 6.94. The Morgan fingerprint density at radius 1 is 0.935 bits per heavy atom. The maximum Gasteiger partial charge on any atom is 0.265 e. The minimum atomic E-state index is -0.790. The first kappa shape index (κ1) is 21.8. The van der Waals surface area contributed by atoms with Crippen molar-refractivity contribution in [3.8, 4) is 11.5 Å². The van der Waals surface area contributed by atoms with Gasteiger partial charge in [-0.3, -0.25) is 9.59 Å². The van der Waals surface area contributed by atoms with Crippen LogP contribution in [0, 0.1) is 12.7 Å². The molecule has 0 aromatic heterocycles. The molecule has 7 heteroatoms. The fourth-order valence-corrected chi connectivity index (χ4v) is 2.83. The second-order valence-electron chi connectivity index (χ2n) is 6.94. The van der Waals surface area contributed by atoms with Crippen LogP contribution in [0.3, 0.4) is 0 Å². The molecule has 0 saturated heterocycles. The van der Waals surface area contributed by atoms with E-state index >= 15 is 0 Å². The molecule has 0 aliphatic carbocycles. The quantitative estimate of drug-likeness (QED) is 0.573. The number of rotatable bonds is 7. The van der Waals surface area contributed by atoms with Crippen molar-refractivity contribution in [2.45, 2.75) is 20.0 Å². The summed E-state index contributed by atoms with van der Waals surface area (Å²) in [5.74, 6) is -0.0453. The Morgan fingerprint density at radius 2 is 1.61 bits per heavy atom. The third-order valence-electron chi connectivity index (χ3n) is 4.51. The summed E-state index contributed by atoms with van der Waals surface area (Å²) in [4.78, 5) is 24.8. The third-order valence-corrected chi connectivity index (χ3v) is 4.51. The lowest BCUT2D eigenvalue weighted by Crippen LogP contribution is -2.30. The van der Waals surface area contributed by atoms with Crippen molar-refractivity contribution in [2.24, 2.45) is 0 Å². The number of ether oxygens (including phenoxy) is 2. The summed E-state index contributed by atoms with van der Waals surface area (Å²) in [6, 6.07) is 17.4. The van der Waals surface area contributed by atoms with Crippen molar-refractivity contribution < 1.29 is 23.5 Å². The highest BCUT2D eigenvalue weighted by molar-refractivity contribution is 6.05. The predicted octanol–water partition coefficient (Wildman–Crippen LogP) is 4.80. The van der Waals surface area contributed by atoms with Gasteiger partial charge in [0.05, 0.1) is 12.8 Å². The number of carbonyl (C=O) groups excluding carboxylic acids is 2. The van der Waals surface area contributed by atoms with E-state index in [0.29, 0.717) is 28.4 Å². The van der Waals surface area contributed by atoms with Crippen molar-refractivity contribution in [3.63, 3.8) is 0 Å². The summed E-state index contributed by atoms with van der Waals surface area (Å²) in [5, 5.41) is 5.49. The molecule has 3 aromatic rings. The summed E-state index contributed by atoms with van der Waals surface area (Å²) < 4.78 is 23.9. The molecule has 160 valence electrons. The molecule has 0 bridgehead atoms. The largest absolute Gasteiger partial charge is 0.495 e. The van der Waals surface area contributed by atoms with Crippen LogP contribution in [0.4, 0.5) is 15.8 Å². The lowest BCUT2D eigenvalue weighted by atomic mass is 10.1. The lowest BCUT2D eigenvalue weighted by Gasteiger charge is -2.15. The topological polar surface area (TPSA) is 76.7 Å². The maximum absolute atomic E-state index is 13.0. The molecule has 0 radical (unpaired) electrons. The number of halogens is 1. The van der Waals surface area contributed by atoms with Gasteiger partial charge in [0.15, 0.2) is 6.10 Å². The summed E-state index contributed by atoms with van der Waals surface area (Å²) in [6.07, 6.45) is -0.790. The molecule has 1 atom stereocenters. The molecular formula is C24H23FN2O4. The fourth-order valence-electron chi connectivity index (χ4n) is 2.83. The van der Waals surface area contributed by atoms with Crippen molar-refractivity contribution >= 4 is 23.2 Å². The van der Waals surface area contributed by atoms with Crippen molar-refractivity contribution in [1.82, 2.24) is 0 Å². The summed E-state index contributed by atoms with van der Waals surface area (Å²) in [7, 11) is 1.54. The van der Waals surface area contributed by atoms with Crippen LogP contribution in [-0.2, 0) is 4.79 Å². The zero-order valence-corrected chi connectivity index (χ0v) is 17.4. The van der Waals surface area contributed by atoms with Crippen molar-refractivity contribution in [2.75, 3.05) is 17.7 Å². The van der Waals surface area contributed by atoms with Gasteiger partial charge in [-0.15, -0.1) is 0 Å². The van der Waals surface area contributed by atoms with E-state index in [2.05, 4.69) is 10.6 Å². The number of amides is 2. The zero-order chi connectivity index (χ0) is 22.4. The first-order valence-corrected chi connectivity index (χ1v) is 9.65. The van der Waals surface area contributed by atoms with Gasteiger partial charge in [0.1, 0.15) is 17.3 Å². The average molecular weight is 422 g/mol. The van der Waals surface area contributed by atoms with Gasteiger partial charge in [0, 0.05) is 11.3 Å². The number of nitrogens with one attached hydrogen (secondary N) is 2. The summed E-state index contributed by atoms with van der Waals surface area (Å²) in [5.41, 5.74) is 2.48. The normalized spacial score (nSPS) is 11.4. The molecule has 0 spiro atoms. The molecule has 0 heterocycles. The molecule has 0 fully saturated rings. The smallest absolute Gasteiger partial charge is 0.265 e. The molecule has 2 N–H and O–H groups in total. The van der Waals surface area contributed by atoms with Crippen molar-refractivity contribution in [1.29, 1.82) is 0 Å². The molecule has 3 rings (SSSR count). The van der Waals surface area contributed by atoms with E-state index in [1.54, 1.807) is 44.4 Å². The minimum Gasteiger partial charge on any atom is -0.495 e. The van der Waals surface area contributed by atoms with Gasteiger partial charge in [-0.25, -0.2) is 4.39 Å². The summed E-state index contributed by atoms with van der Waals surface area (Å²) >= 11 is 0. The first-order chi connectivity index (χ1) is 14.9. The van der Waals surface area contributed by atoms with E-state index in [9.17, 15) is 14.0 Å². The van der Waals surface area contributed by atoms with E-state index in [-0.39, 0.29) is 17.6 Å². The molecule has 3 aromatic carbocycles. The number of benzene rings is 3. The first-order valence-electron chi connectivity index (χ1n) is 9.65. The van der Waals surface area contributed by atoms with Crippen LogP contribution in [0.15, 0.2) is 66.7 Å². The van der Waals surface area contributed by atoms with Gasteiger partial charge in [-0.05, 0) is 80.1 Å². The van der Waals surface area contributed by atoms with Crippen LogP contribution in [-0.4, -0.2) is 25.0 Å². The van der Waals surface area contributed by atoms with Crippen molar-refractivity contribution in [3.05, 3.63) is 83.7 Å². The Labute approximate surface area is 180 Å². The van der Waals surface area contributed by atoms with Crippen LogP contribution in [0.1, 0.15) is 22.8 Å². The SMILES string of the molecule is COc1ccc(C)cc1NC(=O)c1ccc(O[C@H](C)C(=O)Nc2ccc(F)cc2)cc1. The Balaban J connectivity index is 1.60. The predicted molar refractivity (Wildman–Crippen MR) is 117 cm³/mol. The molecular weight excluding hydrogens is 399 g/mol. The number of aryl methyl sites for hydroxylation is 1. The maximum atomic E-state index is 13.0. The fraction of sp³-hybridized carbons (Fsp3) is 0.167. The highest BCUT2D eigenvalue weighted by Gasteiger charge is 2.16. The zero-order valence-electron chi connectivity index (χ0n) is 17.4. The highest BCUT2D eigenvalue weighted by atomic mass is 19.1. The van der Waals surface area contributed by atoms with Crippen LogP contribution in [0.2, 0.25) is 0 Å². The average Bonchev–Trinajstić information content (AvgIpc) is 2.76. The van der Waals surface area contributed by atoms with Crippen LogP contribution in [0.25, 0.3) is 0 Å². The Kier molecular flexibility index (Phi) is 6.87. The van der Waals surface area contributed by atoms with Crippen LogP contribution in [0.5, 0.6) is 11.5 Å². The number of methoxy groups -OCH3 is 1. The van der Waals surface area contributed by atoms with Crippen LogP contribution < -0.4 is 20.1 Å². The number of hydrogen-bond donors (Lipinski definition) is 2. The van der Waals surface area contributed by atoms with Gasteiger partial charge < -0.3 is 20.1 Å². The minimum absolute atomic E-state index is 0.294. The number of carbonyl (C=O) groups is 2. The molecule has 0 aliphatic heterocycles. The van der Waals surface area contributed by atoms with Gasteiger partial charge >= 0.3 is 0 Å². The van der Waals surface area contributed by atoms with E-state index in [1.165, 1.54) is 24.3 Å². The van der Waals surface area contributed by atoms with Gasteiger partial charge in [0.25, 0.3) is 11.8 Å². The molecule has 0 unspecified atom stereocenters. The molecule has 31 heavy (non-hydrogen) atoms. The van der Waals surface area contributed by atoms with E-state index in [4.69, 9.17) is 9.47 Å². The Bertz CT molecular complexity index is 1070. The van der Waals surface area contributed by atoms with E-state index in [0.717, 1.165) is 5.56 Å². The molecule has 2 amide bonds. The van der Waals surface area contributed by atoms with Gasteiger partial charge in [-0.1, -0.05) is 6.07 Å². The number of hydrogen-bond acceptors (Lipinski definition) is 4. The Morgan fingerprint density at radius 3 is 2.26 bits per heavy atom. The molecule has 6 nitrogen and oxygen atoms in total. The Hall–Kier alpha value is -3.87. The van der Waals surface area contributed by atoms with Gasteiger partial charge in [-0.2, -0.15) is 0 Å². The van der Waals surface area contributed by atoms with E-state index < -0.39 is 6.10 Å². The van der Waals surface area contributed by atoms with Crippen LogP contribution >= 0.6 is 0 Å². The molecule has 0 aliphatic rings. The molecule has 0 saturated carbocycles. The highest BCUT2D eigenvalue weighted by Crippen LogP contribution is 2.26. The van der Waals surface area contributed by atoms with E-state index in [1.807, 2.05) is 19.1 Å². The second kappa shape index (κ2) is 9.75. The monoisotopic (exact) mass is 422 g/mol. The van der Waals surface area contributed by atoms with Gasteiger partial charge in [0.2, 0.25) is 0 Å². The third kappa shape index (κ3) is 5.82. The number of anilines is 2. The standard InChI is InChI=1S/C24H23FN2O4/c1-15-4-13-22(30-3)21(14-15)27-24(29)17-5-11-20(12-6-17)31-16(2)23(28)26-19-9-7-18(25)8-10-19/h4-14,16H,1-3H3,(H,26,28)(H,27,29)/t16-/m1/s1. The summed E-state index contributed by atoms with van der Waals surface area (Å²) in [6.45, 7) is 3.53. The lowest BCUT2D eigenvalue weighted by molar-refractivity contribution is -0.122.